The van der Waals surface area contributed by atoms with E-state index in [0.717, 1.165) is 4.90 Å². The first-order valence-corrected chi connectivity index (χ1v) is 5.69. The molecule has 0 radical (unpaired) electrons. The van der Waals surface area contributed by atoms with Gasteiger partial charge in [-0.25, -0.2) is 4.79 Å². The van der Waals surface area contributed by atoms with Gasteiger partial charge in [0.25, 0.3) is 0 Å². The highest BCUT2D eigenvalue weighted by molar-refractivity contribution is 6.01. The Labute approximate surface area is 103 Å². The third kappa shape index (κ3) is 2.42. The van der Waals surface area contributed by atoms with Crippen molar-refractivity contribution >= 4 is 17.8 Å². The number of aliphatic carboxylic acids is 1. The lowest BCUT2D eigenvalue weighted by Gasteiger charge is -2.29. The predicted octanol–water partition coefficient (Wildman–Crippen LogP) is 0.814. The standard InChI is InChI=1S/C12H13NO5/c14-10-4-1-5-11(15)13(10)9(12(16)17)7-8-3-2-6-18-8/h2-3,6,9H,1,4-5,7H2,(H,16,17). The third-order valence-corrected chi connectivity index (χ3v) is 2.89. The van der Waals surface area contributed by atoms with Crippen LogP contribution >= 0.6 is 0 Å². The van der Waals surface area contributed by atoms with Gasteiger partial charge in [0, 0.05) is 19.3 Å². The summed E-state index contributed by atoms with van der Waals surface area (Å²) in [6.45, 7) is 0. The van der Waals surface area contributed by atoms with E-state index in [0.29, 0.717) is 12.2 Å². The highest BCUT2D eigenvalue weighted by atomic mass is 16.4. The molecule has 6 heteroatoms. The highest BCUT2D eigenvalue weighted by Crippen LogP contribution is 2.18. The van der Waals surface area contributed by atoms with Crippen molar-refractivity contribution in [2.45, 2.75) is 31.7 Å². The van der Waals surface area contributed by atoms with E-state index < -0.39 is 23.8 Å². The number of likely N-dealkylation sites (tertiary alicyclic amines) is 1. The van der Waals surface area contributed by atoms with Crippen molar-refractivity contribution < 1.29 is 23.9 Å². The van der Waals surface area contributed by atoms with E-state index in [4.69, 9.17) is 4.42 Å². The number of carbonyl (C=O) groups excluding carboxylic acids is 2. The average molecular weight is 251 g/mol. The Hall–Kier alpha value is -2.11. The molecular formula is C12H13NO5. The molecule has 0 saturated carbocycles. The van der Waals surface area contributed by atoms with E-state index in [-0.39, 0.29) is 19.3 Å². The molecule has 6 nitrogen and oxygen atoms in total. The molecule has 1 N–H and O–H groups in total. The summed E-state index contributed by atoms with van der Waals surface area (Å²) in [5.41, 5.74) is 0. The molecule has 1 atom stereocenters. The molecule has 1 aromatic heterocycles. The first-order chi connectivity index (χ1) is 8.59. The molecular weight excluding hydrogens is 238 g/mol. The molecule has 0 spiro atoms. The van der Waals surface area contributed by atoms with Gasteiger partial charge in [-0.1, -0.05) is 0 Å². The van der Waals surface area contributed by atoms with Crippen LogP contribution < -0.4 is 0 Å². The molecule has 0 bridgehead atoms. The molecule has 1 aromatic rings. The van der Waals surface area contributed by atoms with Crippen LogP contribution in [0.5, 0.6) is 0 Å². The van der Waals surface area contributed by atoms with Crippen molar-refractivity contribution in [2.75, 3.05) is 0 Å². The SMILES string of the molecule is O=C(O)C(Cc1ccco1)N1C(=O)CCCC1=O. The summed E-state index contributed by atoms with van der Waals surface area (Å²) < 4.78 is 5.06. The summed E-state index contributed by atoms with van der Waals surface area (Å²) in [6, 6.07) is 2.07. The van der Waals surface area contributed by atoms with Crippen LogP contribution in [0.1, 0.15) is 25.0 Å². The largest absolute Gasteiger partial charge is 0.480 e. The van der Waals surface area contributed by atoms with E-state index >= 15 is 0 Å². The number of hydrogen-bond donors (Lipinski definition) is 1. The molecule has 1 saturated heterocycles. The molecule has 96 valence electrons. The minimum atomic E-state index is -1.20. The molecule has 1 aliphatic rings. The molecule has 0 aliphatic carbocycles. The van der Waals surface area contributed by atoms with Gasteiger partial charge in [0.15, 0.2) is 0 Å². The van der Waals surface area contributed by atoms with Crippen LogP contribution in [0.2, 0.25) is 0 Å². The first-order valence-electron chi connectivity index (χ1n) is 5.69. The third-order valence-electron chi connectivity index (χ3n) is 2.89. The van der Waals surface area contributed by atoms with Gasteiger partial charge in [-0.2, -0.15) is 0 Å². The summed E-state index contributed by atoms with van der Waals surface area (Å²) >= 11 is 0. The number of imide groups is 1. The van der Waals surface area contributed by atoms with Crippen LogP contribution in [-0.4, -0.2) is 33.8 Å². The molecule has 2 amide bonds. The normalized spacial score (nSPS) is 17.9. The predicted molar refractivity (Wildman–Crippen MR) is 59.5 cm³/mol. The van der Waals surface area contributed by atoms with Crippen LogP contribution in [0, 0.1) is 0 Å². The van der Waals surface area contributed by atoms with Crippen molar-refractivity contribution in [1.29, 1.82) is 0 Å². The second-order valence-electron chi connectivity index (χ2n) is 4.15. The van der Waals surface area contributed by atoms with Crippen molar-refractivity contribution in [3.05, 3.63) is 24.2 Å². The van der Waals surface area contributed by atoms with Crippen molar-refractivity contribution in [3.63, 3.8) is 0 Å². The molecule has 1 unspecified atom stereocenters. The number of piperidine rings is 1. The maximum absolute atomic E-state index is 11.7. The lowest BCUT2D eigenvalue weighted by Crippen LogP contribution is -2.51. The second-order valence-corrected chi connectivity index (χ2v) is 4.15. The molecule has 1 fully saturated rings. The highest BCUT2D eigenvalue weighted by Gasteiger charge is 2.37. The fourth-order valence-corrected chi connectivity index (χ4v) is 2.03. The smallest absolute Gasteiger partial charge is 0.327 e. The fraction of sp³-hybridized carbons (Fsp3) is 0.417. The number of nitrogens with zero attached hydrogens (tertiary/aromatic N) is 1. The van der Waals surface area contributed by atoms with Gasteiger partial charge in [-0.3, -0.25) is 14.5 Å². The molecule has 1 aliphatic heterocycles. The van der Waals surface area contributed by atoms with Gasteiger partial charge < -0.3 is 9.52 Å². The Balaban J connectivity index is 2.21. The van der Waals surface area contributed by atoms with Crippen LogP contribution in [0.3, 0.4) is 0 Å². The zero-order valence-corrected chi connectivity index (χ0v) is 9.67. The van der Waals surface area contributed by atoms with E-state index in [2.05, 4.69) is 0 Å². The number of carboxylic acid groups (broad SMARTS) is 1. The molecule has 2 rings (SSSR count). The zero-order chi connectivity index (χ0) is 13.1. The van der Waals surface area contributed by atoms with Crippen LogP contribution in [0.4, 0.5) is 0 Å². The molecule has 2 heterocycles. The van der Waals surface area contributed by atoms with Crippen LogP contribution in [0.15, 0.2) is 22.8 Å². The van der Waals surface area contributed by atoms with Gasteiger partial charge in [0.1, 0.15) is 11.8 Å². The van der Waals surface area contributed by atoms with Crippen LogP contribution in [0.25, 0.3) is 0 Å². The van der Waals surface area contributed by atoms with Gasteiger partial charge in [-0.15, -0.1) is 0 Å². The Morgan fingerprint density at radius 1 is 1.39 bits per heavy atom. The fourth-order valence-electron chi connectivity index (χ4n) is 2.03. The van der Waals surface area contributed by atoms with E-state index in [1.807, 2.05) is 0 Å². The van der Waals surface area contributed by atoms with Gasteiger partial charge >= 0.3 is 5.97 Å². The number of furan rings is 1. The number of rotatable bonds is 4. The Kier molecular flexibility index (Phi) is 3.45. The number of carbonyl (C=O) groups is 3. The summed E-state index contributed by atoms with van der Waals surface area (Å²) in [6.07, 6.45) is 2.34. The van der Waals surface area contributed by atoms with Crippen molar-refractivity contribution in [1.82, 2.24) is 4.90 Å². The zero-order valence-electron chi connectivity index (χ0n) is 9.67. The van der Waals surface area contributed by atoms with Crippen LogP contribution in [-0.2, 0) is 20.8 Å². The lowest BCUT2D eigenvalue weighted by molar-refractivity contribution is -0.160. The van der Waals surface area contributed by atoms with Gasteiger partial charge in [-0.05, 0) is 18.6 Å². The van der Waals surface area contributed by atoms with Gasteiger partial charge in [0.05, 0.1) is 6.26 Å². The Morgan fingerprint density at radius 3 is 2.56 bits per heavy atom. The topological polar surface area (TPSA) is 87.8 Å². The minimum absolute atomic E-state index is 0.000185. The summed E-state index contributed by atoms with van der Waals surface area (Å²) in [5.74, 6) is -1.61. The Morgan fingerprint density at radius 2 is 2.06 bits per heavy atom. The second kappa shape index (κ2) is 5.03. The summed E-state index contributed by atoms with van der Waals surface area (Å²) in [7, 11) is 0. The lowest BCUT2D eigenvalue weighted by atomic mass is 10.0. The molecule has 0 aromatic carbocycles. The summed E-state index contributed by atoms with van der Waals surface area (Å²) in [5, 5.41) is 9.17. The van der Waals surface area contributed by atoms with E-state index in [1.54, 1.807) is 12.1 Å². The molecule has 18 heavy (non-hydrogen) atoms. The van der Waals surface area contributed by atoms with E-state index in [9.17, 15) is 19.5 Å². The number of amides is 2. The maximum atomic E-state index is 11.7. The first kappa shape index (κ1) is 12.3. The monoisotopic (exact) mass is 251 g/mol. The van der Waals surface area contributed by atoms with E-state index in [1.165, 1.54) is 6.26 Å². The maximum Gasteiger partial charge on any atom is 0.327 e. The number of hydrogen-bond acceptors (Lipinski definition) is 4. The quantitative estimate of drug-likeness (QED) is 0.800. The van der Waals surface area contributed by atoms with Crippen molar-refractivity contribution in [3.8, 4) is 0 Å². The number of carboxylic acids is 1. The van der Waals surface area contributed by atoms with Gasteiger partial charge in [0.2, 0.25) is 11.8 Å². The Bertz CT molecular complexity index is 449. The summed E-state index contributed by atoms with van der Waals surface area (Å²) in [4.78, 5) is 35.5. The average Bonchev–Trinajstić information content (AvgIpc) is 2.80. The van der Waals surface area contributed by atoms with Crippen molar-refractivity contribution in [2.24, 2.45) is 0 Å². The minimum Gasteiger partial charge on any atom is -0.480 e.